The highest BCUT2D eigenvalue weighted by Crippen LogP contribution is 2.37. The Kier molecular flexibility index (Phi) is 23.4. The summed E-state index contributed by atoms with van der Waals surface area (Å²) in [4.78, 5) is 0. The highest BCUT2D eigenvalue weighted by molar-refractivity contribution is 5.23. The second kappa shape index (κ2) is 26.8. The summed E-state index contributed by atoms with van der Waals surface area (Å²) in [6, 6.07) is 21.8. The molecule has 2 atom stereocenters. The number of unbranched alkanes of at least 4 members (excludes halogenated alkanes) is 20. The molecule has 0 spiro atoms. The SMILES string of the molecule is C=CC(CCCCCCCCCCCCC)(Cc1ccccc1)OC(C=C)(CCCCCCCCCCCCC)Cc1ccccc1. The van der Waals surface area contributed by atoms with Crippen LogP contribution in [0.4, 0.5) is 0 Å². The van der Waals surface area contributed by atoms with Gasteiger partial charge in [-0.05, 0) is 24.0 Å². The van der Waals surface area contributed by atoms with E-state index in [1.165, 1.54) is 152 Å². The molecule has 1 heteroatoms. The monoisotopic (exact) mass is 643 g/mol. The van der Waals surface area contributed by atoms with E-state index in [0.717, 1.165) is 25.7 Å². The average Bonchev–Trinajstić information content (AvgIpc) is 3.10. The third kappa shape index (κ3) is 18.9. The van der Waals surface area contributed by atoms with Crippen molar-refractivity contribution in [2.45, 2.75) is 192 Å². The van der Waals surface area contributed by atoms with E-state index >= 15 is 0 Å². The number of hydrogen-bond donors (Lipinski definition) is 0. The fourth-order valence-corrected chi connectivity index (χ4v) is 7.25. The van der Waals surface area contributed by atoms with Crippen LogP contribution >= 0.6 is 0 Å². The zero-order valence-corrected chi connectivity index (χ0v) is 31.1. The van der Waals surface area contributed by atoms with Gasteiger partial charge in [-0.2, -0.15) is 0 Å². The van der Waals surface area contributed by atoms with E-state index in [1.807, 2.05) is 0 Å². The molecule has 0 N–H and O–H groups in total. The van der Waals surface area contributed by atoms with Crippen molar-refractivity contribution >= 4 is 0 Å². The van der Waals surface area contributed by atoms with Crippen LogP contribution in [0.3, 0.4) is 0 Å². The Morgan fingerprint density at radius 3 is 0.979 bits per heavy atom. The van der Waals surface area contributed by atoms with Crippen molar-refractivity contribution in [3.8, 4) is 0 Å². The number of benzene rings is 2. The first-order chi connectivity index (χ1) is 23.1. The van der Waals surface area contributed by atoms with Crippen LogP contribution in [-0.2, 0) is 17.6 Å². The second-order valence-electron chi connectivity index (χ2n) is 14.5. The molecule has 0 saturated carbocycles. The van der Waals surface area contributed by atoms with Crippen LogP contribution in [0.1, 0.15) is 179 Å². The molecule has 0 aliphatic carbocycles. The zero-order valence-electron chi connectivity index (χ0n) is 31.1. The zero-order chi connectivity index (χ0) is 33.7. The van der Waals surface area contributed by atoms with Crippen LogP contribution in [-0.4, -0.2) is 11.2 Å². The van der Waals surface area contributed by atoms with Gasteiger partial charge < -0.3 is 4.74 Å². The van der Waals surface area contributed by atoms with Gasteiger partial charge in [0, 0.05) is 12.8 Å². The van der Waals surface area contributed by atoms with E-state index in [2.05, 4.69) is 99.8 Å². The fourth-order valence-electron chi connectivity index (χ4n) is 7.25. The number of rotatable bonds is 32. The highest BCUT2D eigenvalue weighted by Gasteiger charge is 2.38. The predicted molar refractivity (Wildman–Crippen MR) is 209 cm³/mol. The molecule has 2 aromatic carbocycles. The third-order valence-electron chi connectivity index (χ3n) is 10.2. The molecule has 0 fully saturated rings. The topological polar surface area (TPSA) is 9.23 Å². The molecule has 0 aromatic heterocycles. The van der Waals surface area contributed by atoms with Gasteiger partial charge in [-0.3, -0.25) is 0 Å². The molecule has 0 heterocycles. The first kappa shape index (κ1) is 41.1. The van der Waals surface area contributed by atoms with E-state index in [4.69, 9.17) is 4.74 Å². The lowest BCUT2D eigenvalue weighted by Crippen LogP contribution is -2.45. The maximum Gasteiger partial charge on any atom is 0.0912 e. The molecule has 0 radical (unpaired) electrons. The maximum atomic E-state index is 7.48. The third-order valence-corrected chi connectivity index (χ3v) is 10.2. The Morgan fingerprint density at radius 2 is 0.702 bits per heavy atom. The van der Waals surface area contributed by atoms with Crippen LogP contribution in [0, 0.1) is 0 Å². The predicted octanol–water partition coefficient (Wildman–Crippen LogP) is 14.7. The van der Waals surface area contributed by atoms with Gasteiger partial charge in [-0.15, -0.1) is 13.2 Å². The minimum atomic E-state index is -0.415. The smallest absolute Gasteiger partial charge is 0.0912 e. The summed E-state index contributed by atoms with van der Waals surface area (Å²) in [6.07, 6.45) is 37.8. The molecule has 2 rings (SSSR count). The van der Waals surface area contributed by atoms with Crippen molar-refractivity contribution in [3.63, 3.8) is 0 Å². The summed E-state index contributed by atoms with van der Waals surface area (Å²) in [5, 5.41) is 0. The molecular weight excluding hydrogens is 569 g/mol. The second-order valence-corrected chi connectivity index (χ2v) is 14.5. The largest absolute Gasteiger partial charge is 0.360 e. The van der Waals surface area contributed by atoms with Gasteiger partial charge in [0.05, 0.1) is 11.2 Å². The molecule has 0 aliphatic heterocycles. The van der Waals surface area contributed by atoms with Crippen LogP contribution in [0.5, 0.6) is 0 Å². The van der Waals surface area contributed by atoms with Gasteiger partial charge in [-0.1, -0.05) is 228 Å². The first-order valence-corrected chi connectivity index (χ1v) is 20.2. The van der Waals surface area contributed by atoms with Crippen molar-refractivity contribution in [2.24, 2.45) is 0 Å². The van der Waals surface area contributed by atoms with Crippen LogP contribution in [0.2, 0.25) is 0 Å². The van der Waals surface area contributed by atoms with Gasteiger partial charge in [0.1, 0.15) is 0 Å². The lowest BCUT2D eigenvalue weighted by atomic mass is 9.84. The Bertz CT molecular complexity index is 915. The van der Waals surface area contributed by atoms with Crippen molar-refractivity contribution in [3.05, 3.63) is 97.1 Å². The normalized spacial score (nSPS) is 14.0. The molecule has 0 aliphatic rings. The molecule has 0 bridgehead atoms. The maximum absolute atomic E-state index is 7.48. The average molecular weight is 643 g/mol. The minimum absolute atomic E-state index is 0.415. The van der Waals surface area contributed by atoms with E-state index in [9.17, 15) is 0 Å². The standard InChI is InChI=1S/C46H74O/c1-5-9-11-13-15-17-19-21-23-25-33-39-45(7-3,41-43-35-29-27-30-36-43)47-46(8-4,42-44-37-31-28-32-38-44)40-34-26-24-22-20-18-16-14-12-10-6-2/h7-8,27-32,35-38H,3-6,9-26,33-34,39-42H2,1-2H3. The highest BCUT2D eigenvalue weighted by atomic mass is 16.5. The van der Waals surface area contributed by atoms with Crippen molar-refractivity contribution in [1.82, 2.24) is 0 Å². The van der Waals surface area contributed by atoms with Gasteiger partial charge in [-0.25, -0.2) is 0 Å². The van der Waals surface area contributed by atoms with Crippen LogP contribution in [0.15, 0.2) is 86.0 Å². The first-order valence-electron chi connectivity index (χ1n) is 20.2. The summed E-state index contributed by atoms with van der Waals surface area (Å²) >= 11 is 0. The van der Waals surface area contributed by atoms with E-state index in [0.29, 0.717) is 0 Å². The van der Waals surface area contributed by atoms with Crippen molar-refractivity contribution < 1.29 is 4.74 Å². The summed E-state index contributed by atoms with van der Waals surface area (Å²) in [7, 11) is 0. The summed E-state index contributed by atoms with van der Waals surface area (Å²) < 4.78 is 7.48. The summed E-state index contributed by atoms with van der Waals surface area (Å²) in [5.41, 5.74) is 1.81. The van der Waals surface area contributed by atoms with Gasteiger partial charge in [0.2, 0.25) is 0 Å². The Labute approximate surface area is 293 Å². The molecule has 47 heavy (non-hydrogen) atoms. The Hall–Kier alpha value is -2.12. The van der Waals surface area contributed by atoms with Gasteiger partial charge >= 0.3 is 0 Å². The quantitative estimate of drug-likeness (QED) is 0.0570. The Morgan fingerprint density at radius 1 is 0.426 bits per heavy atom. The summed E-state index contributed by atoms with van der Waals surface area (Å²) in [5.74, 6) is 0. The van der Waals surface area contributed by atoms with E-state index in [-0.39, 0.29) is 0 Å². The molecule has 264 valence electrons. The van der Waals surface area contributed by atoms with Crippen molar-refractivity contribution in [2.75, 3.05) is 0 Å². The minimum Gasteiger partial charge on any atom is -0.360 e. The fraction of sp³-hybridized carbons (Fsp3) is 0.652. The number of ether oxygens (including phenoxy) is 1. The van der Waals surface area contributed by atoms with Gasteiger partial charge in [0.25, 0.3) is 0 Å². The van der Waals surface area contributed by atoms with E-state index < -0.39 is 11.2 Å². The molecular formula is C46H74O. The molecule has 0 amide bonds. The van der Waals surface area contributed by atoms with Gasteiger partial charge in [0.15, 0.2) is 0 Å². The van der Waals surface area contributed by atoms with Crippen LogP contribution < -0.4 is 0 Å². The van der Waals surface area contributed by atoms with Crippen LogP contribution in [0.25, 0.3) is 0 Å². The van der Waals surface area contributed by atoms with E-state index in [1.54, 1.807) is 0 Å². The summed E-state index contributed by atoms with van der Waals surface area (Å²) in [6.45, 7) is 13.4. The Balaban J connectivity index is 2.02. The molecule has 2 unspecified atom stereocenters. The molecule has 0 saturated heterocycles. The van der Waals surface area contributed by atoms with Crippen molar-refractivity contribution in [1.29, 1.82) is 0 Å². The lowest BCUT2D eigenvalue weighted by Gasteiger charge is -2.42. The molecule has 2 aromatic rings. The molecule has 1 nitrogen and oxygen atoms in total. The lowest BCUT2D eigenvalue weighted by molar-refractivity contribution is -0.116. The number of hydrogen-bond acceptors (Lipinski definition) is 1.